The van der Waals surface area contributed by atoms with Crippen LogP contribution in [0.1, 0.15) is 23.2 Å². The van der Waals surface area contributed by atoms with Crippen molar-refractivity contribution in [1.29, 1.82) is 0 Å². The number of sulfonamides is 1. The highest BCUT2D eigenvalue weighted by Gasteiger charge is 2.51. The van der Waals surface area contributed by atoms with Crippen molar-refractivity contribution in [3.8, 4) is 0 Å². The number of nitrogens with one attached hydrogen (secondary N) is 1. The second-order valence-electron chi connectivity index (χ2n) is 4.04. The summed E-state index contributed by atoms with van der Waals surface area (Å²) in [6.07, 6.45) is 0.751. The molecule has 1 amide bonds. The van der Waals surface area contributed by atoms with Gasteiger partial charge in [-0.3, -0.25) is 4.79 Å². The van der Waals surface area contributed by atoms with Gasteiger partial charge in [-0.05, 0) is 18.9 Å². The van der Waals surface area contributed by atoms with Crippen LogP contribution >= 0.6 is 11.3 Å². The average Bonchev–Trinajstić information content (AvgIpc) is 2.85. The number of nitrogens with two attached hydrogens (primary N) is 1. The third-order valence-corrected chi connectivity index (χ3v) is 5.02. The Hall–Kier alpha value is -1.45. The molecule has 2 rings (SSSR count). The Morgan fingerprint density at radius 2 is 2.06 bits per heavy atom. The first kappa shape index (κ1) is 13.0. The molecule has 7 nitrogen and oxygen atoms in total. The fourth-order valence-electron chi connectivity index (χ4n) is 1.39. The average molecular weight is 290 g/mol. The SMILES string of the molecule is NS(=O)(=O)c1cc(C(=O)NC2(C(=O)O)CC2)cs1. The van der Waals surface area contributed by atoms with E-state index < -0.39 is 27.4 Å². The highest BCUT2D eigenvalue weighted by Crippen LogP contribution is 2.36. The number of carboxylic acids is 1. The summed E-state index contributed by atoms with van der Waals surface area (Å²) in [5.41, 5.74) is -1.10. The van der Waals surface area contributed by atoms with E-state index in [2.05, 4.69) is 5.32 Å². The van der Waals surface area contributed by atoms with E-state index in [4.69, 9.17) is 10.2 Å². The largest absolute Gasteiger partial charge is 0.480 e. The van der Waals surface area contributed by atoms with Crippen molar-refractivity contribution >= 4 is 33.2 Å². The maximum atomic E-state index is 11.7. The highest BCUT2D eigenvalue weighted by atomic mass is 32.2. The molecule has 0 spiro atoms. The van der Waals surface area contributed by atoms with Crippen LogP contribution < -0.4 is 10.5 Å². The molecule has 98 valence electrons. The maximum absolute atomic E-state index is 11.7. The lowest BCUT2D eigenvalue weighted by Gasteiger charge is -2.11. The molecule has 0 aliphatic heterocycles. The number of carbonyl (C=O) groups is 2. The fourth-order valence-corrected chi connectivity index (χ4v) is 2.98. The molecule has 4 N–H and O–H groups in total. The van der Waals surface area contributed by atoms with Gasteiger partial charge in [0.2, 0.25) is 10.0 Å². The lowest BCUT2D eigenvalue weighted by atomic mass is 10.2. The molecule has 18 heavy (non-hydrogen) atoms. The van der Waals surface area contributed by atoms with Crippen molar-refractivity contribution in [2.45, 2.75) is 22.6 Å². The van der Waals surface area contributed by atoms with Gasteiger partial charge in [0.1, 0.15) is 9.75 Å². The van der Waals surface area contributed by atoms with Gasteiger partial charge in [-0.15, -0.1) is 11.3 Å². The second kappa shape index (κ2) is 4.04. The third kappa shape index (κ3) is 2.37. The predicted molar refractivity (Wildman–Crippen MR) is 62.8 cm³/mol. The Morgan fingerprint density at radius 1 is 1.44 bits per heavy atom. The number of amides is 1. The molecule has 1 heterocycles. The Kier molecular flexibility index (Phi) is 2.92. The van der Waals surface area contributed by atoms with Crippen molar-refractivity contribution in [1.82, 2.24) is 5.32 Å². The van der Waals surface area contributed by atoms with Crippen molar-refractivity contribution in [3.05, 3.63) is 17.0 Å². The number of aliphatic carboxylic acids is 1. The van der Waals surface area contributed by atoms with Crippen LogP contribution in [-0.4, -0.2) is 30.9 Å². The summed E-state index contributed by atoms with van der Waals surface area (Å²) in [5.74, 6) is -1.70. The quantitative estimate of drug-likeness (QED) is 0.704. The topological polar surface area (TPSA) is 127 Å². The maximum Gasteiger partial charge on any atom is 0.329 e. The van der Waals surface area contributed by atoms with Crippen LogP contribution in [0.5, 0.6) is 0 Å². The Bertz CT molecular complexity index is 615. The fraction of sp³-hybridized carbons (Fsp3) is 0.333. The van der Waals surface area contributed by atoms with Gasteiger partial charge in [-0.2, -0.15) is 0 Å². The molecule has 1 aliphatic rings. The van der Waals surface area contributed by atoms with Crippen LogP contribution in [0.4, 0.5) is 0 Å². The summed E-state index contributed by atoms with van der Waals surface area (Å²) in [6.45, 7) is 0. The molecule has 9 heteroatoms. The van der Waals surface area contributed by atoms with Crippen LogP contribution in [0.15, 0.2) is 15.7 Å². The normalized spacial score (nSPS) is 17.2. The number of primary sulfonamides is 1. The van der Waals surface area contributed by atoms with Crippen molar-refractivity contribution in [2.24, 2.45) is 5.14 Å². The summed E-state index contributed by atoms with van der Waals surface area (Å²) in [5, 5.41) is 17.5. The number of hydrogen-bond donors (Lipinski definition) is 3. The minimum Gasteiger partial charge on any atom is -0.480 e. The highest BCUT2D eigenvalue weighted by molar-refractivity contribution is 7.91. The number of thiophene rings is 1. The molecule has 1 fully saturated rings. The summed E-state index contributed by atoms with van der Waals surface area (Å²) >= 11 is 0.818. The van der Waals surface area contributed by atoms with Gasteiger partial charge in [-0.25, -0.2) is 18.4 Å². The second-order valence-corrected chi connectivity index (χ2v) is 6.74. The van der Waals surface area contributed by atoms with E-state index >= 15 is 0 Å². The third-order valence-electron chi connectivity index (χ3n) is 2.63. The molecule has 0 radical (unpaired) electrons. The van der Waals surface area contributed by atoms with Crippen molar-refractivity contribution < 1.29 is 23.1 Å². The van der Waals surface area contributed by atoms with E-state index in [-0.39, 0.29) is 9.77 Å². The molecule has 0 atom stereocenters. The summed E-state index contributed by atoms with van der Waals surface area (Å²) in [6, 6.07) is 1.13. The Morgan fingerprint density at radius 3 is 2.44 bits per heavy atom. The van der Waals surface area contributed by atoms with E-state index in [1.807, 2.05) is 0 Å². The van der Waals surface area contributed by atoms with Gasteiger partial charge in [-0.1, -0.05) is 0 Å². The smallest absolute Gasteiger partial charge is 0.329 e. The lowest BCUT2D eigenvalue weighted by Crippen LogP contribution is -2.42. The zero-order chi connectivity index (χ0) is 13.6. The molecular formula is C9H10N2O5S2. The van der Waals surface area contributed by atoms with Crippen LogP contribution in [0.3, 0.4) is 0 Å². The summed E-state index contributed by atoms with van der Waals surface area (Å²) in [7, 11) is -3.84. The molecule has 0 bridgehead atoms. The van der Waals surface area contributed by atoms with Crippen molar-refractivity contribution in [3.63, 3.8) is 0 Å². The molecule has 1 aliphatic carbocycles. The van der Waals surface area contributed by atoms with Gasteiger partial charge < -0.3 is 10.4 Å². The first-order valence-electron chi connectivity index (χ1n) is 4.92. The molecule has 1 aromatic rings. The van der Waals surface area contributed by atoms with Gasteiger partial charge in [0.25, 0.3) is 5.91 Å². The summed E-state index contributed by atoms with van der Waals surface area (Å²) in [4.78, 5) is 22.6. The first-order chi connectivity index (χ1) is 8.24. The zero-order valence-electron chi connectivity index (χ0n) is 9.04. The van der Waals surface area contributed by atoms with E-state index in [1.165, 1.54) is 5.38 Å². The molecular weight excluding hydrogens is 280 g/mol. The molecule has 1 saturated carbocycles. The van der Waals surface area contributed by atoms with E-state index in [9.17, 15) is 18.0 Å². The van der Waals surface area contributed by atoms with Gasteiger partial charge >= 0.3 is 5.97 Å². The monoisotopic (exact) mass is 290 g/mol. The first-order valence-corrected chi connectivity index (χ1v) is 7.34. The van der Waals surface area contributed by atoms with E-state index in [0.29, 0.717) is 12.8 Å². The molecule has 0 saturated heterocycles. The van der Waals surface area contributed by atoms with Gasteiger partial charge in [0.15, 0.2) is 0 Å². The van der Waals surface area contributed by atoms with Crippen molar-refractivity contribution in [2.75, 3.05) is 0 Å². The predicted octanol–water partition coefficient (Wildman–Crippen LogP) is -0.257. The minimum absolute atomic E-state index is 0.0940. The van der Waals surface area contributed by atoms with E-state index in [0.717, 1.165) is 17.4 Å². The van der Waals surface area contributed by atoms with Gasteiger partial charge in [0.05, 0.1) is 5.56 Å². The Labute approximate surface area is 107 Å². The standard InChI is InChI=1S/C9H10N2O5S2/c10-18(15,16)6-3-5(4-17-6)7(12)11-9(1-2-9)8(13)14/h3-4H,1-2H2,(H,11,12)(H,13,14)(H2,10,15,16). The number of carbonyl (C=O) groups excluding carboxylic acids is 1. The molecule has 0 aromatic carbocycles. The van der Waals surface area contributed by atoms with E-state index in [1.54, 1.807) is 0 Å². The lowest BCUT2D eigenvalue weighted by molar-refractivity contribution is -0.140. The number of carboxylic acid groups (broad SMARTS) is 1. The van der Waals surface area contributed by atoms with Crippen LogP contribution in [0.2, 0.25) is 0 Å². The zero-order valence-corrected chi connectivity index (χ0v) is 10.7. The minimum atomic E-state index is -3.84. The van der Waals surface area contributed by atoms with Crippen LogP contribution in [0, 0.1) is 0 Å². The van der Waals surface area contributed by atoms with Crippen LogP contribution in [0.25, 0.3) is 0 Å². The summed E-state index contributed by atoms with van der Waals surface area (Å²) < 4.78 is 21.9. The molecule has 1 aromatic heterocycles. The van der Waals surface area contributed by atoms with Gasteiger partial charge in [0, 0.05) is 5.38 Å². The Balaban J connectivity index is 2.16. The number of hydrogen-bond acceptors (Lipinski definition) is 5. The number of rotatable bonds is 4. The van der Waals surface area contributed by atoms with Crippen LogP contribution in [-0.2, 0) is 14.8 Å². The molecule has 0 unspecified atom stereocenters.